The van der Waals surface area contributed by atoms with Gasteiger partial charge >= 0.3 is 0 Å². The number of nitrogens with zero attached hydrogens (tertiary/aromatic N) is 2. The molecule has 21 heavy (non-hydrogen) atoms. The van der Waals surface area contributed by atoms with Crippen LogP contribution in [-0.4, -0.2) is 29.3 Å². The zero-order valence-electron chi connectivity index (χ0n) is 12.8. The van der Waals surface area contributed by atoms with E-state index in [1.165, 1.54) is 5.56 Å². The molecule has 0 unspecified atom stereocenters. The van der Waals surface area contributed by atoms with E-state index in [9.17, 15) is 0 Å². The summed E-state index contributed by atoms with van der Waals surface area (Å²) in [5, 5.41) is 3.39. The van der Waals surface area contributed by atoms with Crippen LogP contribution >= 0.6 is 15.9 Å². The van der Waals surface area contributed by atoms with Crippen LogP contribution in [0, 0.1) is 13.8 Å². The highest BCUT2D eigenvalue weighted by molar-refractivity contribution is 9.10. The number of aryl methyl sites for hydroxylation is 2. The molecule has 0 spiro atoms. The van der Waals surface area contributed by atoms with E-state index in [2.05, 4.69) is 55.9 Å². The van der Waals surface area contributed by atoms with Crippen molar-refractivity contribution in [3.8, 4) is 5.69 Å². The van der Waals surface area contributed by atoms with Gasteiger partial charge in [0, 0.05) is 36.1 Å². The van der Waals surface area contributed by atoms with E-state index < -0.39 is 0 Å². The van der Waals surface area contributed by atoms with Crippen molar-refractivity contribution in [2.24, 2.45) is 0 Å². The predicted molar refractivity (Wildman–Crippen MR) is 90.3 cm³/mol. The van der Waals surface area contributed by atoms with E-state index in [0.29, 0.717) is 0 Å². The van der Waals surface area contributed by atoms with Crippen LogP contribution in [0.15, 0.2) is 28.9 Å². The summed E-state index contributed by atoms with van der Waals surface area (Å²) in [4.78, 5) is 4.56. The summed E-state index contributed by atoms with van der Waals surface area (Å²) in [6.07, 6.45) is 3.02. The van der Waals surface area contributed by atoms with Gasteiger partial charge in [0.25, 0.3) is 0 Å². The SMILES string of the molecule is CCOCCCNc1nc(C)cn1-c1cc(C)cc(Br)c1. The van der Waals surface area contributed by atoms with Gasteiger partial charge < -0.3 is 10.1 Å². The average Bonchev–Trinajstić information content (AvgIpc) is 2.78. The Labute approximate surface area is 134 Å². The van der Waals surface area contributed by atoms with Crippen molar-refractivity contribution in [1.29, 1.82) is 0 Å². The summed E-state index contributed by atoms with van der Waals surface area (Å²) in [6, 6.07) is 6.35. The van der Waals surface area contributed by atoms with E-state index in [4.69, 9.17) is 4.74 Å². The summed E-state index contributed by atoms with van der Waals surface area (Å²) in [5.74, 6) is 0.876. The second kappa shape index (κ2) is 7.61. The fraction of sp³-hybridized carbons (Fsp3) is 0.438. The number of anilines is 1. The van der Waals surface area contributed by atoms with Crippen LogP contribution < -0.4 is 5.32 Å². The van der Waals surface area contributed by atoms with Crippen molar-refractivity contribution < 1.29 is 4.74 Å². The molecule has 0 bridgehead atoms. The Morgan fingerprint density at radius 2 is 2.10 bits per heavy atom. The summed E-state index contributed by atoms with van der Waals surface area (Å²) >= 11 is 3.55. The third kappa shape index (κ3) is 4.58. The zero-order chi connectivity index (χ0) is 15.2. The predicted octanol–water partition coefficient (Wildman–Crippen LogP) is 4.09. The molecule has 0 saturated carbocycles. The second-order valence-corrected chi connectivity index (χ2v) is 5.96. The number of aromatic nitrogens is 2. The highest BCUT2D eigenvalue weighted by Gasteiger charge is 2.08. The number of hydrogen-bond donors (Lipinski definition) is 1. The van der Waals surface area contributed by atoms with Gasteiger partial charge in [-0.15, -0.1) is 0 Å². The zero-order valence-corrected chi connectivity index (χ0v) is 14.4. The summed E-state index contributed by atoms with van der Waals surface area (Å²) in [7, 11) is 0. The minimum Gasteiger partial charge on any atom is -0.382 e. The molecule has 5 heteroatoms. The Hall–Kier alpha value is -1.33. The fourth-order valence-electron chi connectivity index (χ4n) is 2.19. The number of halogens is 1. The van der Waals surface area contributed by atoms with E-state index in [1.54, 1.807) is 0 Å². The van der Waals surface area contributed by atoms with E-state index >= 15 is 0 Å². The number of ether oxygens (including phenoxy) is 1. The van der Waals surface area contributed by atoms with Crippen LogP contribution in [0.3, 0.4) is 0 Å². The molecule has 0 aliphatic rings. The van der Waals surface area contributed by atoms with Gasteiger partial charge in [0.1, 0.15) is 0 Å². The molecule has 114 valence electrons. The van der Waals surface area contributed by atoms with Gasteiger partial charge in [0.2, 0.25) is 5.95 Å². The third-order valence-corrected chi connectivity index (χ3v) is 3.54. The van der Waals surface area contributed by atoms with Crippen LogP contribution in [0.25, 0.3) is 5.69 Å². The highest BCUT2D eigenvalue weighted by Crippen LogP contribution is 2.22. The van der Waals surface area contributed by atoms with Crippen molar-refractivity contribution in [3.05, 3.63) is 40.1 Å². The first kappa shape index (κ1) is 16.0. The molecular formula is C16H22BrN3O. The molecule has 1 aromatic carbocycles. The Bertz CT molecular complexity index is 575. The van der Waals surface area contributed by atoms with Crippen molar-refractivity contribution >= 4 is 21.9 Å². The van der Waals surface area contributed by atoms with E-state index in [0.717, 1.165) is 48.0 Å². The molecule has 0 atom stereocenters. The minimum absolute atomic E-state index is 0.769. The van der Waals surface area contributed by atoms with Crippen molar-refractivity contribution in [1.82, 2.24) is 9.55 Å². The van der Waals surface area contributed by atoms with Gasteiger partial charge in [-0.3, -0.25) is 4.57 Å². The molecule has 2 aromatic rings. The van der Waals surface area contributed by atoms with E-state index in [-0.39, 0.29) is 0 Å². The molecule has 2 rings (SSSR count). The number of rotatable bonds is 7. The highest BCUT2D eigenvalue weighted by atomic mass is 79.9. The fourth-order valence-corrected chi connectivity index (χ4v) is 2.79. The largest absolute Gasteiger partial charge is 0.382 e. The van der Waals surface area contributed by atoms with Crippen LogP contribution in [0.2, 0.25) is 0 Å². The van der Waals surface area contributed by atoms with Crippen LogP contribution in [0.5, 0.6) is 0 Å². The first-order valence-corrected chi connectivity index (χ1v) is 8.04. The molecule has 4 nitrogen and oxygen atoms in total. The lowest BCUT2D eigenvalue weighted by atomic mass is 10.2. The Kier molecular flexibility index (Phi) is 5.82. The van der Waals surface area contributed by atoms with Crippen molar-refractivity contribution in [2.45, 2.75) is 27.2 Å². The van der Waals surface area contributed by atoms with Gasteiger partial charge in [-0.2, -0.15) is 0 Å². The summed E-state index contributed by atoms with van der Waals surface area (Å²) < 4.78 is 8.52. The molecule has 1 aromatic heterocycles. The average molecular weight is 352 g/mol. The van der Waals surface area contributed by atoms with Crippen LogP contribution in [-0.2, 0) is 4.74 Å². The van der Waals surface area contributed by atoms with Crippen molar-refractivity contribution in [3.63, 3.8) is 0 Å². The maximum atomic E-state index is 5.35. The first-order valence-electron chi connectivity index (χ1n) is 7.25. The summed E-state index contributed by atoms with van der Waals surface area (Å²) in [5.41, 5.74) is 3.32. The smallest absolute Gasteiger partial charge is 0.207 e. The van der Waals surface area contributed by atoms with Crippen LogP contribution in [0.1, 0.15) is 24.6 Å². The molecular weight excluding hydrogens is 330 g/mol. The maximum absolute atomic E-state index is 5.35. The van der Waals surface area contributed by atoms with Crippen molar-refractivity contribution in [2.75, 3.05) is 25.1 Å². The molecule has 1 heterocycles. The molecule has 0 aliphatic heterocycles. The lowest BCUT2D eigenvalue weighted by molar-refractivity contribution is 0.147. The lowest BCUT2D eigenvalue weighted by Crippen LogP contribution is -2.10. The monoisotopic (exact) mass is 351 g/mol. The first-order chi connectivity index (χ1) is 10.1. The maximum Gasteiger partial charge on any atom is 0.207 e. The minimum atomic E-state index is 0.769. The molecule has 0 saturated heterocycles. The van der Waals surface area contributed by atoms with Gasteiger partial charge in [-0.25, -0.2) is 4.98 Å². The number of nitrogens with one attached hydrogen (secondary N) is 1. The Morgan fingerprint density at radius 3 is 2.81 bits per heavy atom. The lowest BCUT2D eigenvalue weighted by Gasteiger charge is -2.11. The summed E-state index contributed by atoms with van der Waals surface area (Å²) in [6.45, 7) is 8.51. The Balaban J connectivity index is 2.12. The molecule has 0 aliphatic carbocycles. The standard InChI is InChI=1S/C16H22BrN3O/c1-4-21-7-5-6-18-16-19-13(3)11-20(16)15-9-12(2)8-14(17)10-15/h8-11H,4-7H2,1-3H3,(H,18,19). The third-order valence-electron chi connectivity index (χ3n) is 3.08. The topological polar surface area (TPSA) is 39.1 Å². The number of hydrogen-bond acceptors (Lipinski definition) is 3. The van der Waals surface area contributed by atoms with Gasteiger partial charge in [-0.1, -0.05) is 15.9 Å². The van der Waals surface area contributed by atoms with Gasteiger partial charge in [-0.05, 0) is 51.0 Å². The molecule has 0 radical (unpaired) electrons. The van der Waals surface area contributed by atoms with Crippen LogP contribution in [0.4, 0.5) is 5.95 Å². The van der Waals surface area contributed by atoms with E-state index in [1.807, 2.05) is 20.0 Å². The Morgan fingerprint density at radius 1 is 1.29 bits per heavy atom. The number of imidazole rings is 1. The van der Waals surface area contributed by atoms with Gasteiger partial charge in [0.05, 0.1) is 5.69 Å². The normalized spacial score (nSPS) is 10.9. The molecule has 1 N–H and O–H groups in total. The quantitative estimate of drug-likeness (QED) is 0.763. The molecule has 0 fully saturated rings. The number of benzene rings is 1. The second-order valence-electron chi connectivity index (χ2n) is 5.04. The molecule has 0 amide bonds. The van der Waals surface area contributed by atoms with Gasteiger partial charge in [0.15, 0.2) is 0 Å².